The standard InChI is InChI=1S/C31H38BrN3O6/c1-2-40-22-14-12-21(13-15-22)34-28(37)24-25-30(39)35(16-8-3-4-9-17-36)27(31(25)18-23(32)26(24)41-31)29(38)33-19-20-10-6-5-7-11-20/h5-7,10-15,23-27,36H,2-4,8-9,16-19H2,1H3,(H,33,38)(H,34,37)/t23?,24-,25+,26-,27?,31?/m1/s1. The summed E-state index contributed by atoms with van der Waals surface area (Å²) >= 11 is 3.71. The van der Waals surface area contributed by atoms with Gasteiger partial charge in [0.25, 0.3) is 0 Å². The molecule has 3 aliphatic heterocycles. The summed E-state index contributed by atoms with van der Waals surface area (Å²) in [5.74, 6) is -1.56. The minimum atomic E-state index is -1.09. The number of nitrogens with one attached hydrogen (secondary N) is 2. The van der Waals surface area contributed by atoms with Gasteiger partial charge in [-0.15, -0.1) is 0 Å². The van der Waals surface area contributed by atoms with Gasteiger partial charge in [0.15, 0.2) is 0 Å². The van der Waals surface area contributed by atoms with Crippen molar-refractivity contribution in [1.82, 2.24) is 10.2 Å². The van der Waals surface area contributed by atoms with E-state index in [-0.39, 0.29) is 29.2 Å². The third kappa shape index (κ3) is 5.87. The van der Waals surface area contributed by atoms with E-state index in [0.717, 1.165) is 18.4 Å². The predicted molar refractivity (Wildman–Crippen MR) is 158 cm³/mol. The minimum Gasteiger partial charge on any atom is -0.494 e. The Morgan fingerprint density at radius 3 is 2.51 bits per heavy atom. The molecule has 9 nitrogen and oxygen atoms in total. The van der Waals surface area contributed by atoms with E-state index in [1.54, 1.807) is 29.2 Å². The summed E-state index contributed by atoms with van der Waals surface area (Å²) in [5.41, 5.74) is 0.463. The second kappa shape index (κ2) is 12.9. The highest BCUT2D eigenvalue weighted by Gasteiger charge is 2.76. The van der Waals surface area contributed by atoms with Gasteiger partial charge in [-0.25, -0.2) is 0 Å². The lowest BCUT2D eigenvalue weighted by molar-refractivity contribution is -0.141. The Morgan fingerprint density at radius 1 is 1.07 bits per heavy atom. The van der Waals surface area contributed by atoms with Crippen LogP contribution in [0.2, 0.25) is 0 Å². The first-order valence-electron chi connectivity index (χ1n) is 14.5. The fourth-order valence-corrected chi connectivity index (χ4v) is 7.57. The zero-order valence-corrected chi connectivity index (χ0v) is 24.8. The maximum Gasteiger partial charge on any atom is 0.246 e. The van der Waals surface area contributed by atoms with Gasteiger partial charge in [-0.1, -0.05) is 59.1 Å². The van der Waals surface area contributed by atoms with Crippen molar-refractivity contribution in [3.8, 4) is 5.75 Å². The van der Waals surface area contributed by atoms with Crippen LogP contribution >= 0.6 is 15.9 Å². The molecule has 2 aromatic carbocycles. The normalized spacial score (nSPS) is 28.0. The molecule has 3 unspecified atom stereocenters. The Bertz CT molecular complexity index is 1230. The van der Waals surface area contributed by atoms with Crippen LogP contribution < -0.4 is 15.4 Å². The van der Waals surface area contributed by atoms with Gasteiger partial charge in [0.05, 0.1) is 24.5 Å². The van der Waals surface area contributed by atoms with Crippen molar-refractivity contribution in [3.63, 3.8) is 0 Å². The van der Waals surface area contributed by atoms with Crippen molar-refractivity contribution in [2.45, 2.75) is 68.1 Å². The van der Waals surface area contributed by atoms with Crippen LogP contribution in [0.4, 0.5) is 5.69 Å². The quantitative estimate of drug-likeness (QED) is 0.231. The van der Waals surface area contributed by atoms with Crippen LogP contribution in [0.1, 0.15) is 44.6 Å². The number of likely N-dealkylation sites (tertiary alicyclic amines) is 1. The first-order valence-corrected chi connectivity index (χ1v) is 15.4. The third-order valence-corrected chi connectivity index (χ3v) is 9.23. The molecule has 0 radical (unpaired) electrons. The Kier molecular flexibility index (Phi) is 9.31. The van der Waals surface area contributed by atoms with Crippen LogP contribution in [0.15, 0.2) is 54.6 Å². The highest BCUT2D eigenvalue weighted by atomic mass is 79.9. The number of halogens is 1. The van der Waals surface area contributed by atoms with Gasteiger partial charge in [-0.05, 0) is 56.0 Å². The van der Waals surface area contributed by atoms with Crippen molar-refractivity contribution >= 4 is 39.3 Å². The van der Waals surface area contributed by atoms with Crippen molar-refractivity contribution in [3.05, 3.63) is 60.2 Å². The summed E-state index contributed by atoms with van der Waals surface area (Å²) < 4.78 is 12.1. The van der Waals surface area contributed by atoms with E-state index in [2.05, 4.69) is 26.6 Å². The number of carbonyl (C=O) groups is 3. The number of carbonyl (C=O) groups excluding carboxylic acids is 3. The van der Waals surface area contributed by atoms with E-state index in [9.17, 15) is 14.4 Å². The molecule has 2 aromatic rings. The first-order chi connectivity index (χ1) is 19.9. The van der Waals surface area contributed by atoms with Gasteiger partial charge in [0.2, 0.25) is 17.7 Å². The summed E-state index contributed by atoms with van der Waals surface area (Å²) in [6.07, 6.45) is 3.00. The fraction of sp³-hybridized carbons (Fsp3) is 0.516. The van der Waals surface area contributed by atoms with E-state index in [4.69, 9.17) is 14.6 Å². The minimum absolute atomic E-state index is 0.130. The van der Waals surface area contributed by atoms with Crippen molar-refractivity contribution in [2.75, 3.05) is 25.1 Å². The summed E-state index contributed by atoms with van der Waals surface area (Å²) in [4.78, 5) is 43.1. The molecule has 0 saturated carbocycles. The molecule has 3 amide bonds. The second-order valence-corrected chi connectivity index (χ2v) is 12.2. The number of aliphatic hydroxyl groups excluding tert-OH is 1. The number of ether oxygens (including phenoxy) is 2. The van der Waals surface area contributed by atoms with Gasteiger partial charge < -0.3 is 30.1 Å². The van der Waals surface area contributed by atoms with Crippen LogP contribution in [0.25, 0.3) is 0 Å². The Labute approximate surface area is 249 Å². The molecule has 0 aliphatic carbocycles. The number of unbranched alkanes of at least 4 members (excludes halogenated alkanes) is 3. The van der Waals surface area contributed by atoms with Crippen molar-refractivity contribution < 1.29 is 29.0 Å². The molecule has 10 heteroatoms. The number of hydrogen-bond acceptors (Lipinski definition) is 6. The van der Waals surface area contributed by atoms with Crippen molar-refractivity contribution in [2.24, 2.45) is 11.8 Å². The Balaban J connectivity index is 1.38. The summed E-state index contributed by atoms with van der Waals surface area (Å²) in [7, 11) is 0. The zero-order chi connectivity index (χ0) is 29.0. The molecule has 5 rings (SSSR count). The van der Waals surface area contributed by atoms with Crippen LogP contribution in [0.5, 0.6) is 5.75 Å². The van der Waals surface area contributed by atoms with Gasteiger partial charge in [0.1, 0.15) is 17.4 Å². The van der Waals surface area contributed by atoms with E-state index in [0.29, 0.717) is 50.4 Å². The average molecular weight is 629 g/mol. The predicted octanol–water partition coefficient (Wildman–Crippen LogP) is 3.64. The third-order valence-electron chi connectivity index (χ3n) is 8.39. The van der Waals surface area contributed by atoms with E-state index in [1.807, 2.05) is 37.3 Å². The molecule has 3 fully saturated rings. The number of nitrogens with zero attached hydrogens (tertiary/aromatic N) is 1. The molecule has 3 N–H and O–H groups in total. The SMILES string of the molecule is CCOc1ccc(NC(=O)[C@H]2[C@@H]3OC4(CC3Br)C(C(=O)NCc3ccccc3)N(CCCCCCO)C(=O)[C@H]24)cc1. The summed E-state index contributed by atoms with van der Waals surface area (Å²) in [5, 5.41) is 15.1. The van der Waals surface area contributed by atoms with E-state index >= 15 is 0 Å². The summed E-state index contributed by atoms with van der Waals surface area (Å²) in [6.45, 7) is 3.30. The molecular weight excluding hydrogens is 590 g/mol. The summed E-state index contributed by atoms with van der Waals surface area (Å²) in [6, 6.07) is 15.9. The molecule has 3 heterocycles. The number of aliphatic hydroxyl groups is 1. The number of fused-ring (bicyclic) bond motifs is 1. The van der Waals surface area contributed by atoms with E-state index < -0.39 is 29.6 Å². The molecule has 6 atom stereocenters. The van der Waals surface area contributed by atoms with Crippen LogP contribution in [0, 0.1) is 11.8 Å². The Hall–Kier alpha value is -2.95. The van der Waals surface area contributed by atoms with Crippen LogP contribution in [0.3, 0.4) is 0 Å². The molecule has 41 heavy (non-hydrogen) atoms. The Morgan fingerprint density at radius 2 is 1.80 bits per heavy atom. The molecule has 2 bridgehead atoms. The van der Waals surface area contributed by atoms with Gasteiger partial charge in [-0.2, -0.15) is 0 Å². The number of anilines is 1. The van der Waals surface area contributed by atoms with Gasteiger partial charge in [0, 0.05) is 30.2 Å². The lowest BCUT2D eigenvalue weighted by Gasteiger charge is -2.34. The number of benzene rings is 2. The number of amides is 3. The highest BCUT2D eigenvalue weighted by molar-refractivity contribution is 9.09. The number of rotatable bonds is 13. The molecule has 0 aromatic heterocycles. The smallest absolute Gasteiger partial charge is 0.246 e. The van der Waals surface area contributed by atoms with Crippen LogP contribution in [-0.4, -0.2) is 70.1 Å². The maximum absolute atomic E-state index is 14.1. The average Bonchev–Trinajstić information content (AvgIpc) is 3.56. The van der Waals surface area contributed by atoms with Crippen LogP contribution in [-0.2, 0) is 25.7 Å². The van der Waals surface area contributed by atoms with Gasteiger partial charge >= 0.3 is 0 Å². The lowest BCUT2D eigenvalue weighted by Crippen LogP contribution is -2.55. The topological polar surface area (TPSA) is 117 Å². The molecule has 1 spiro atoms. The lowest BCUT2D eigenvalue weighted by atomic mass is 9.70. The van der Waals surface area contributed by atoms with E-state index in [1.165, 1.54) is 0 Å². The molecule has 3 aliphatic rings. The molecule has 220 valence electrons. The molecular formula is C31H38BrN3O6. The van der Waals surface area contributed by atoms with Gasteiger partial charge in [-0.3, -0.25) is 14.4 Å². The second-order valence-electron chi connectivity index (χ2n) is 11.0. The highest BCUT2D eigenvalue weighted by Crippen LogP contribution is 2.60. The number of hydrogen-bond donors (Lipinski definition) is 3. The first kappa shape index (κ1) is 29.5. The fourth-order valence-electron chi connectivity index (χ4n) is 6.63. The number of alkyl halides is 1. The monoisotopic (exact) mass is 627 g/mol. The largest absolute Gasteiger partial charge is 0.494 e. The molecule has 3 saturated heterocycles. The zero-order valence-electron chi connectivity index (χ0n) is 23.3. The maximum atomic E-state index is 14.1. The van der Waals surface area contributed by atoms with Crippen molar-refractivity contribution in [1.29, 1.82) is 0 Å².